The largest absolute Gasteiger partial charge is 0.436 e. The first-order chi connectivity index (χ1) is 12.2. The maximum absolute atomic E-state index is 12.9. The summed E-state index contributed by atoms with van der Waals surface area (Å²) >= 11 is 8.88. The molecule has 0 aliphatic carbocycles. The van der Waals surface area contributed by atoms with E-state index in [1.54, 1.807) is 19.1 Å². The molecule has 0 radical (unpaired) electrons. The quantitative estimate of drug-likeness (QED) is 0.559. The van der Waals surface area contributed by atoms with Gasteiger partial charge in [0.25, 0.3) is 0 Å². The third-order valence-corrected chi connectivity index (χ3v) is 4.88. The Labute approximate surface area is 160 Å². The highest BCUT2D eigenvalue weighted by Gasteiger charge is 2.37. The van der Waals surface area contributed by atoms with Crippen LogP contribution in [0.25, 0.3) is 0 Å². The molecule has 1 aromatic carbocycles. The van der Waals surface area contributed by atoms with Gasteiger partial charge in [0, 0.05) is 18.0 Å². The molecule has 0 spiro atoms. The molecule has 2 aromatic heterocycles. The average Bonchev–Trinajstić information content (AvgIpc) is 3.11. The molecule has 10 heteroatoms. The number of aromatic nitrogens is 4. The molecule has 0 N–H and O–H groups in total. The summed E-state index contributed by atoms with van der Waals surface area (Å²) < 4.78 is 45.4. The fourth-order valence-corrected chi connectivity index (χ4v) is 3.13. The highest BCUT2D eigenvalue weighted by atomic mass is 79.9. The summed E-state index contributed by atoms with van der Waals surface area (Å²) in [6.45, 7) is 1.75. The Hall–Kier alpha value is -1.87. The molecule has 26 heavy (non-hydrogen) atoms. The maximum atomic E-state index is 12.9. The zero-order valence-electron chi connectivity index (χ0n) is 13.5. The Morgan fingerprint density at radius 3 is 2.62 bits per heavy atom. The number of halogens is 5. The monoisotopic (exact) mass is 448 g/mol. The molecule has 0 amide bonds. The number of rotatable bonds is 5. The fourth-order valence-electron chi connectivity index (χ4n) is 2.41. The standard InChI is InChI=1S/C16H13BrClF3N4O/c1-9-14(17)15(16(19,20)21)24-25(9)6-5-12-22-23-13(26-12)8-10-3-2-4-11(18)7-10/h2-4,7H,5-6,8H2,1H3. The zero-order valence-corrected chi connectivity index (χ0v) is 15.9. The predicted octanol–water partition coefficient (Wildman–Crippen LogP) is 4.84. The Bertz CT molecular complexity index is 923. The van der Waals surface area contributed by atoms with E-state index in [1.165, 1.54) is 4.68 Å². The van der Waals surface area contributed by atoms with Gasteiger partial charge < -0.3 is 4.42 Å². The second-order valence-electron chi connectivity index (χ2n) is 5.62. The van der Waals surface area contributed by atoms with Gasteiger partial charge in [-0.1, -0.05) is 23.7 Å². The Morgan fingerprint density at radius 1 is 1.23 bits per heavy atom. The first-order valence-corrected chi connectivity index (χ1v) is 8.77. The summed E-state index contributed by atoms with van der Waals surface area (Å²) in [6.07, 6.45) is -3.81. The minimum absolute atomic E-state index is 0.0582. The van der Waals surface area contributed by atoms with Gasteiger partial charge in [-0.25, -0.2) is 0 Å². The number of nitrogens with zero attached hydrogens (tertiary/aromatic N) is 4. The van der Waals surface area contributed by atoms with Gasteiger partial charge in [-0.15, -0.1) is 10.2 Å². The molecule has 0 bridgehead atoms. The lowest BCUT2D eigenvalue weighted by Crippen LogP contribution is -2.10. The predicted molar refractivity (Wildman–Crippen MR) is 91.9 cm³/mol. The third kappa shape index (κ3) is 4.27. The van der Waals surface area contributed by atoms with Gasteiger partial charge in [0.2, 0.25) is 11.8 Å². The van der Waals surface area contributed by atoms with Crippen LogP contribution in [-0.2, 0) is 25.6 Å². The molecule has 0 atom stereocenters. The van der Waals surface area contributed by atoms with E-state index in [0.717, 1.165) is 5.56 Å². The van der Waals surface area contributed by atoms with Crippen LogP contribution in [0.5, 0.6) is 0 Å². The van der Waals surface area contributed by atoms with Crippen molar-refractivity contribution >= 4 is 27.5 Å². The van der Waals surface area contributed by atoms with Crippen LogP contribution in [0.1, 0.15) is 28.7 Å². The lowest BCUT2D eigenvalue weighted by atomic mass is 10.1. The molecule has 2 heterocycles. The van der Waals surface area contributed by atoms with Crippen molar-refractivity contribution in [1.29, 1.82) is 0 Å². The highest BCUT2D eigenvalue weighted by Crippen LogP contribution is 2.35. The van der Waals surface area contributed by atoms with E-state index in [9.17, 15) is 13.2 Å². The Kier molecular flexibility index (Phi) is 5.38. The van der Waals surface area contributed by atoms with Crippen LogP contribution in [0.4, 0.5) is 13.2 Å². The highest BCUT2D eigenvalue weighted by molar-refractivity contribution is 9.10. The maximum Gasteiger partial charge on any atom is 0.436 e. The van der Waals surface area contributed by atoms with E-state index in [2.05, 4.69) is 31.2 Å². The lowest BCUT2D eigenvalue weighted by molar-refractivity contribution is -0.142. The van der Waals surface area contributed by atoms with Gasteiger partial charge in [-0.05, 0) is 40.5 Å². The van der Waals surface area contributed by atoms with Crippen molar-refractivity contribution in [3.8, 4) is 0 Å². The second-order valence-corrected chi connectivity index (χ2v) is 6.84. The third-order valence-electron chi connectivity index (χ3n) is 3.69. The van der Waals surface area contributed by atoms with Crippen molar-refractivity contribution in [3.05, 3.63) is 62.5 Å². The van der Waals surface area contributed by atoms with E-state index >= 15 is 0 Å². The van der Waals surface area contributed by atoms with E-state index in [1.807, 2.05) is 12.1 Å². The van der Waals surface area contributed by atoms with Crippen LogP contribution in [0.15, 0.2) is 33.2 Å². The molecule has 0 fully saturated rings. The Morgan fingerprint density at radius 2 is 1.96 bits per heavy atom. The summed E-state index contributed by atoms with van der Waals surface area (Å²) in [5.41, 5.74) is 0.368. The molecule has 0 unspecified atom stereocenters. The zero-order chi connectivity index (χ0) is 18.9. The molecule has 138 valence electrons. The number of benzene rings is 1. The average molecular weight is 450 g/mol. The van der Waals surface area contributed by atoms with E-state index < -0.39 is 11.9 Å². The smallest absolute Gasteiger partial charge is 0.425 e. The number of alkyl halides is 3. The molecule has 3 rings (SSSR count). The first kappa shape index (κ1) is 18.9. The summed E-state index contributed by atoms with van der Waals surface area (Å²) in [7, 11) is 0. The van der Waals surface area contributed by atoms with E-state index in [-0.39, 0.29) is 17.4 Å². The van der Waals surface area contributed by atoms with Gasteiger partial charge in [-0.2, -0.15) is 18.3 Å². The van der Waals surface area contributed by atoms with Crippen molar-refractivity contribution in [2.24, 2.45) is 0 Å². The van der Waals surface area contributed by atoms with Crippen LogP contribution in [-0.4, -0.2) is 20.0 Å². The Balaban J connectivity index is 1.67. The SMILES string of the molecule is Cc1c(Br)c(C(F)(F)F)nn1CCc1nnc(Cc2cccc(Cl)c2)o1. The van der Waals surface area contributed by atoms with Crippen molar-refractivity contribution in [3.63, 3.8) is 0 Å². The molecule has 5 nitrogen and oxygen atoms in total. The molecule has 0 aliphatic rings. The molecule has 0 saturated heterocycles. The van der Waals surface area contributed by atoms with Crippen LogP contribution in [0.2, 0.25) is 5.02 Å². The van der Waals surface area contributed by atoms with Crippen molar-refractivity contribution in [2.75, 3.05) is 0 Å². The number of aryl methyl sites for hydroxylation is 2. The second kappa shape index (κ2) is 7.40. The summed E-state index contributed by atoms with van der Waals surface area (Å²) in [5, 5.41) is 12.1. The summed E-state index contributed by atoms with van der Waals surface area (Å²) in [4.78, 5) is 0. The minimum atomic E-state index is -4.51. The van der Waals surface area contributed by atoms with Gasteiger partial charge in [0.15, 0.2) is 5.69 Å². The van der Waals surface area contributed by atoms with Gasteiger partial charge in [-0.3, -0.25) is 4.68 Å². The van der Waals surface area contributed by atoms with Crippen molar-refractivity contribution in [2.45, 2.75) is 32.5 Å². The summed E-state index contributed by atoms with van der Waals surface area (Å²) in [5.74, 6) is 0.748. The van der Waals surface area contributed by atoms with Crippen LogP contribution in [0, 0.1) is 6.92 Å². The van der Waals surface area contributed by atoms with Gasteiger partial charge in [0.1, 0.15) is 0 Å². The van der Waals surface area contributed by atoms with Gasteiger partial charge in [0.05, 0.1) is 16.6 Å². The van der Waals surface area contributed by atoms with Crippen molar-refractivity contribution < 1.29 is 17.6 Å². The summed E-state index contributed by atoms with van der Waals surface area (Å²) in [6, 6.07) is 7.28. The van der Waals surface area contributed by atoms with Gasteiger partial charge >= 0.3 is 6.18 Å². The fraction of sp³-hybridized carbons (Fsp3) is 0.312. The molecule has 3 aromatic rings. The topological polar surface area (TPSA) is 56.7 Å². The molecular formula is C16H13BrClF3N4O. The number of hydrogen-bond acceptors (Lipinski definition) is 4. The minimum Gasteiger partial charge on any atom is -0.425 e. The lowest BCUT2D eigenvalue weighted by Gasteiger charge is -2.02. The van der Waals surface area contributed by atoms with E-state index in [0.29, 0.717) is 28.9 Å². The van der Waals surface area contributed by atoms with Crippen LogP contribution >= 0.6 is 27.5 Å². The van der Waals surface area contributed by atoms with Crippen molar-refractivity contribution in [1.82, 2.24) is 20.0 Å². The normalized spacial score (nSPS) is 11.9. The molecule has 0 saturated carbocycles. The molecular weight excluding hydrogens is 437 g/mol. The number of hydrogen-bond donors (Lipinski definition) is 0. The first-order valence-electron chi connectivity index (χ1n) is 7.60. The molecule has 0 aliphatic heterocycles. The van der Waals surface area contributed by atoms with Crippen LogP contribution < -0.4 is 0 Å². The van der Waals surface area contributed by atoms with Crippen LogP contribution in [0.3, 0.4) is 0 Å². The van der Waals surface area contributed by atoms with E-state index in [4.69, 9.17) is 16.0 Å².